The summed E-state index contributed by atoms with van der Waals surface area (Å²) in [6.45, 7) is 6.11. The minimum Gasteiger partial charge on any atom is -0.379 e. The fraction of sp³-hybridized carbons (Fsp3) is 0.310. The van der Waals surface area contributed by atoms with Gasteiger partial charge in [0.1, 0.15) is 6.04 Å². The average Bonchev–Trinajstić information content (AvgIpc) is 3.01. The maximum atomic E-state index is 14.5. The Morgan fingerprint density at radius 2 is 1.55 bits per heavy atom. The number of halogens is 3. The number of amides is 2. The zero-order chi connectivity index (χ0) is 26.8. The lowest BCUT2D eigenvalue weighted by Crippen LogP contribution is -2.47. The van der Waals surface area contributed by atoms with Crippen LogP contribution in [-0.2, 0) is 9.53 Å². The SMILES string of the molecule is C[C@H](c1ccc(Cl)cc1)N1C(=O)c2cc(I)ccc2N(CCN2CCOCC2)C(=O)[C@H]1c1ccc(Cl)cc1. The van der Waals surface area contributed by atoms with E-state index in [2.05, 4.69) is 27.5 Å². The van der Waals surface area contributed by atoms with Gasteiger partial charge in [0.15, 0.2) is 0 Å². The highest BCUT2D eigenvalue weighted by molar-refractivity contribution is 14.1. The van der Waals surface area contributed by atoms with E-state index in [0.29, 0.717) is 53.2 Å². The molecule has 3 aromatic carbocycles. The Morgan fingerprint density at radius 1 is 0.921 bits per heavy atom. The molecule has 2 amide bonds. The van der Waals surface area contributed by atoms with Crippen molar-refractivity contribution >= 4 is 63.3 Å². The molecule has 0 N–H and O–H groups in total. The van der Waals surface area contributed by atoms with E-state index in [4.69, 9.17) is 27.9 Å². The van der Waals surface area contributed by atoms with Gasteiger partial charge in [0, 0.05) is 39.8 Å². The normalized spacial score (nSPS) is 19.3. The first kappa shape index (κ1) is 27.4. The van der Waals surface area contributed by atoms with Crippen molar-refractivity contribution in [2.75, 3.05) is 44.3 Å². The van der Waals surface area contributed by atoms with Gasteiger partial charge in [-0.2, -0.15) is 0 Å². The Balaban J connectivity index is 1.62. The number of ether oxygens (including phenoxy) is 1. The van der Waals surface area contributed by atoms with E-state index in [-0.39, 0.29) is 11.8 Å². The van der Waals surface area contributed by atoms with E-state index >= 15 is 0 Å². The number of carbonyl (C=O) groups excluding carboxylic acids is 2. The van der Waals surface area contributed by atoms with Crippen LogP contribution in [0.15, 0.2) is 66.7 Å². The van der Waals surface area contributed by atoms with Crippen molar-refractivity contribution in [3.05, 3.63) is 97.0 Å². The van der Waals surface area contributed by atoms with Crippen molar-refractivity contribution in [1.29, 1.82) is 0 Å². The highest BCUT2D eigenvalue weighted by Crippen LogP contribution is 2.40. The molecule has 5 rings (SSSR count). The molecule has 0 aromatic heterocycles. The van der Waals surface area contributed by atoms with Gasteiger partial charge in [0.25, 0.3) is 11.8 Å². The van der Waals surface area contributed by atoms with Crippen LogP contribution < -0.4 is 4.90 Å². The summed E-state index contributed by atoms with van der Waals surface area (Å²) in [5.41, 5.74) is 2.76. The van der Waals surface area contributed by atoms with Gasteiger partial charge in [-0.15, -0.1) is 0 Å². The van der Waals surface area contributed by atoms with Gasteiger partial charge in [-0.3, -0.25) is 14.5 Å². The van der Waals surface area contributed by atoms with E-state index in [1.165, 1.54) is 0 Å². The van der Waals surface area contributed by atoms with Crippen molar-refractivity contribution in [2.45, 2.75) is 19.0 Å². The minimum atomic E-state index is -0.833. The largest absolute Gasteiger partial charge is 0.379 e. The van der Waals surface area contributed by atoms with Crippen LogP contribution in [0.4, 0.5) is 5.69 Å². The predicted octanol–water partition coefficient (Wildman–Crippen LogP) is 6.22. The molecule has 2 atom stereocenters. The number of anilines is 1. The van der Waals surface area contributed by atoms with Gasteiger partial charge in [0.05, 0.1) is 30.5 Å². The van der Waals surface area contributed by atoms with E-state index in [1.807, 2.05) is 49.4 Å². The molecule has 0 unspecified atom stereocenters. The minimum absolute atomic E-state index is 0.144. The lowest BCUT2D eigenvalue weighted by atomic mass is 9.98. The van der Waals surface area contributed by atoms with Crippen LogP contribution >= 0.6 is 45.8 Å². The number of nitrogens with zero attached hydrogens (tertiary/aromatic N) is 3. The zero-order valence-electron chi connectivity index (χ0n) is 20.9. The number of rotatable bonds is 6. The van der Waals surface area contributed by atoms with Crippen molar-refractivity contribution in [3.63, 3.8) is 0 Å². The monoisotopic (exact) mass is 663 g/mol. The van der Waals surface area contributed by atoms with Gasteiger partial charge >= 0.3 is 0 Å². The summed E-state index contributed by atoms with van der Waals surface area (Å²) in [6, 6.07) is 19.1. The van der Waals surface area contributed by atoms with E-state index in [1.54, 1.807) is 34.1 Å². The molecule has 198 valence electrons. The van der Waals surface area contributed by atoms with Crippen LogP contribution in [0.2, 0.25) is 10.0 Å². The molecule has 0 spiro atoms. The molecule has 9 heteroatoms. The second-order valence-corrected chi connectivity index (χ2v) is 11.6. The third-order valence-corrected chi connectivity index (χ3v) is 8.37. The van der Waals surface area contributed by atoms with Crippen LogP contribution in [0.1, 0.15) is 40.5 Å². The van der Waals surface area contributed by atoms with E-state index in [9.17, 15) is 9.59 Å². The lowest BCUT2D eigenvalue weighted by Gasteiger charge is -2.36. The molecule has 1 saturated heterocycles. The number of hydrogen-bond donors (Lipinski definition) is 0. The first-order valence-electron chi connectivity index (χ1n) is 12.6. The summed E-state index contributed by atoms with van der Waals surface area (Å²) in [7, 11) is 0. The summed E-state index contributed by atoms with van der Waals surface area (Å²) in [5.74, 6) is -0.335. The van der Waals surface area contributed by atoms with E-state index < -0.39 is 12.1 Å². The average molecular weight is 664 g/mol. The topological polar surface area (TPSA) is 53.1 Å². The second-order valence-electron chi connectivity index (χ2n) is 9.50. The molecule has 38 heavy (non-hydrogen) atoms. The van der Waals surface area contributed by atoms with E-state index in [0.717, 1.165) is 22.2 Å². The summed E-state index contributed by atoms with van der Waals surface area (Å²) in [6.07, 6.45) is 0. The third-order valence-electron chi connectivity index (χ3n) is 7.19. The molecule has 0 aliphatic carbocycles. The Kier molecular flexibility index (Phi) is 8.59. The third kappa shape index (κ3) is 5.72. The Hall–Kier alpha value is -2.17. The zero-order valence-corrected chi connectivity index (χ0v) is 24.6. The lowest BCUT2D eigenvalue weighted by molar-refractivity contribution is -0.123. The molecular weight excluding hydrogens is 636 g/mol. The molecule has 6 nitrogen and oxygen atoms in total. The number of hydrogen-bond acceptors (Lipinski definition) is 4. The predicted molar refractivity (Wildman–Crippen MR) is 159 cm³/mol. The maximum Gasteiger partial charge on any atom is 0.257 e. The molecule has 3 aromatic rings. The Labute approximate surface area is 246 Å². The van der Waals surface area contributed by atoms with Crippen molar-refractivity contribution in [3.8, 4) is 0 Å². The van der Waals surface area contributed by atoms with Crippen LogP contribution in [0.3, 0.4) is 0 Å². The highest BCUT2D eigenvalue weighted by Gasteiger charge is 2.43. The van der Waals surface area contributed by atoms with Crippen LogP contribution in [0.5, 0.6) is 0 Å². The van der Waals surface area contributed by atoms with Gasteiger partial charge in [-0.25, -0.2) is 0 Å². The molecule has 2 aliphatic heterocycles. The second kappa shape index (κ2) is 11.9. The number of fused-ring (bicyclic) bond motifs is 1. The van der Waals surface area contributed by atoms with Crippen LogP contribution in [0.25, 0.3) is 0 Å². The van der Waals surface area contributed by atoms with Gasteiger partial charge in [-0.05, 0) is 83.1 Å². The molecular formula is C29H28Cl2IN3O3. The van der Waals surface area contributed by atoms with Crippen molar-refractivity contribution in [2.24, 2.45) is 0 Å². The molecule has 1 fully saturated rings. The Bertz CT molecular complexity index is 1310. The highest BCUT2D eigenvalue weighted by atomic mass is 127. The number of morpholine rings is 1. The molecule has 2 heterocycles. The summed E-state index contributed by atoms with van der Waals surface area (Å²) in [4.78, 5) is 34.7. The molecule has 0 bridgehead atoms. The molecule has 0 radical (unpaired) electrons. The van der Waals surface area contributed by atoms with Crippen molar-refractivity contribution < 1.29 is 14.3 Å². The molecule has 0 saturated carbocycles. The summed E-state index contributed by atoms with van der Waals surface area (Å²) >= 11 is 14.6. The number of carbonyl (C=O) groups is 2. The standard InChI is InChI=1S/C29H28Cl2IN3O3/c1-19(20-2-6-22(30)7-3-20)35-27(21-4-8-23(31)9-5-21)29(37)34(13-12-33-14-16-38-17-15-33)26-11-10-24(32)18-25(26)28(35)36/h2-11,18-19,27H,12-17H2,1H3/t19-,27-/m1/s1. The van der Waals surface area contributed by atoms with Gasteiger partial charge in [0.2, 0.25) is 0 Å². The van der Waals surface area contributed by atoms with Gasteiger partial charge < -0.3 is 14.5 Å². The smallest absolute Gasteiger partial charge is 0.257 e. The number of benzene rings is 3. The molecule has 2 aliphatic rings. The van der Waals surface area contributed by atoms with Crippen molar-refractivity contribution in [1.82, 2.24) is 9.80 Å². The maximum absolute atomic E-state index is 14.5. The van der Waals surface area contributed by atoms with Crippen LogP contribution in [-0.4, -0.2) is 61.0 Å². The van der Waals surface area contributed by atoms with Crippen LogP contribution in [0, 0.1) is 3.57 Å². The fourth-order valence-electron chi connectivity index (χ4n) is 5.10. The summed E-state index contributed by atoms with van der Waals surface area (Å²) < 4.78 is 6.43. The fourth-order valence-corrected chi connectivity index (χ4v) is 5.85. The first-order chi connectivity index (χ1) is 18.3. The first-order valence-corrected chi connectivity index (χ1v) is 14.4. The quantitative estimate of drug-likeness (QED) is 0.294. The van der Waals surface area contributed by atoms with Gasteiger partial charge in [-0.1, -0.05) is 47.5 Å². The Morgan fingerprint density at radius 3 is 2.21 bits per heavy atom. The summed E-state index contributed by atoms with van der Waals surface area (Å²) in [5, 5.41) is 1.18.